The van der Waals surface area contributed by atoms with E-state index in [1.165, 1.54) is 24.1 Å². The highest BCUT2D eigenvalue weighted by Gasteiger charge is 2.31. The number of nitrogens with zero attached hydrogens (tertiary/aromatic N) is 3. The van der Waals surface area contributed by atoms with E-state index < -0.39 is 33.4 Å². The van der Waals surface area contributed by atoms with Gasteiger partial charge in [-0.05, 0) is 31.4 Å². The molecule has 37 heavy (non-hydrogen) atoms. The average Bonchev–Trinajstić information content (AvgIpc) is 2.86. The maximum Gasteiger partial charge on any atom is 0.271 e. The molecule has 0 saturated carbocycles. The van der Waals surface area contributed by atoms with E-state index >= 15 is 0 Å². The number of carbonyl (C=O) groups excluding carboxylic acids is 2. The summed E-state index contributed by atoms with van der Waals surface area (Å²) in [7, 11) is -2.78. The molecule has 2 amide bonds. The second kappa shape index (κ2) is 13.6. The fourth-order valence-corrected chi connectivity index (χ4v) is 4.53. The number of carbonyl (C=O) groups is 2. The summed E-state index contributed by atoms with van der Waals surface area (Å²) >= 11 is 0. The Morgan fingerprint density at radius 1 is 1.16 bits per heavy atom. The Morgan fingerprint density at radius 2 is 1.84 bits per heavy atom. The van der Waals surface area contributed by atoms with E-state index in [1.54, 1.807) is 6.92 Å². The molecule has 0 radical (unpaired) electrons. The summed E-state index contributed by atoms with van der Waals surface area (Å²) in [4.78, 5) is 38.4. The number of nitrogens with one attached hydrogen (secondary N) is 1. The van der Waals surface area contributed by atoms with E-state index in [1.807, 2.05) is 37.3 Å². The predicted molar refractivity (Wildman–Crippen MR) is 141 cm³/mol. The summed E-state index contributed by atoms with van der Waals surface area (Å²) in [5.41, 5.74) is 0.441. The van der Waals surface area contributed by atoms with Gasteiger partial charge in [0.1, 0.15) is 24.0 Å². The number of hydrogen-bond acceptors (Lipinski definition) is 7. The number of nitro groups is 1. The second-order valence-electron chi connectivity index (χ2n) is 8.53. The number of nitro benzene ring substituents is 1. The normalized spacial score (nSPS) is 11.9. The molecule has 2 aromatic rings. The molecule has 0 bridgehead atoms. The van der Waals surface area contributed by atoms with E-state index in [2.05, 4.69) is 5.32 Å². The van der Waals surface area contributed by atoms with E-state index in [0.717, 1.165) is 35.0 Å². The number of non-ortho nitro benzene ring substituents is 1. The molecule has 1 N–H and O–H groups in total. The zero-order valence-electron chi connectivity index (χ0n) is 21.5. The Labute approximate surface area is 217 Å². The number of methoxy groups -OCH3 is 1. The Hall–Kier alpha value is -3.67. The zero-order chi connectivity index (χ0) is 27.6. The first-order valence-corrected chi connectivity index (χ1v) is 13.8. The number of hydrogen-bond donors (Lipinski definition) is 1. The van der Waals surface area contributed by atoms with Crippen molar-refractivity contribution in [1.82, 2.24) is 10.2 Å². The van der Waals surface area contributed by atoms with Crippen molar-refractivity contribution in [3.63, 3.8) is 0 Å². The summed E-state index contributed by atoms with van der Waals surface area (Å²) in [6.45, 7) is 3.53. The van der Waals surface area contributed by atoms with Crippen molar-refractivity contribution in [1.29, 1.82) is 0 Å². The van der Waals surface area contributed by atoms with Crippen LogP contribution in [0.15, 0.2) is 48.5 Å². The lowest BCUT2D eigenvalue weighted by molar-refractivity contribution is -0.384. The molecule has 2 aromatic carbocycles. The molecule has 12 heteroatoms. The summed E-state index contributed by atoms with van der Waals surface area (Å²) in [6.07, 6.45) is 3.01. The van der Waals surface area contributed by atoms with Crippen LogP contribution in [0.1, 0.15) is 32.3 Å². The van der Waals surface area contributed by atoms with Gasteiger partial charge in [0.15, 0.2) is 0 Å². The number of benzene rings is 2. The van der Waals surface area contributed by atoms with Crippen LogP contribution in [-0.4, -0.2) is 69.1 Å². The van der Waals surface area contributed by atoms with Gasteiger partial charge >= 0.3 is 0 Å². The third-order valence-electron chi connectivity index (χ3n) is 5.80. The average molecular weight is 535 g/mol. The van der Waals surface area contributed by atoms with Crippen LogP contribution < -0.4 is 14.4 Å². The van der Waals surface area contributed by atoms with Crippen LogP contribution in [0.25, 0.3) is 0 Å². The maximum absolute atomic E-state index is 13.6. The van der Waals surface area contributed by atoms with Gasteiger partial charge in [0, 0.05) is 25.2 Å². The fourth-order valence-electron chi connectivity index (χ4n) is 3.69. The molecule has 202 valence electrons. The van der Waals surface area contributed by atoms with Crippen molar-refractivity contribution in [2.24, 2.45) is 0 Å². The molecule has 2 rings (SSSR count). The van der Waals surface area contributed by atoms with Crippen LogP contribution in [0.5, 0.6) is 5.75 Å². The second-order valence-corrected chi connectivity index (χ2v) is 10.4. The molecule has 1 atom stereocenters. The fraction of sp³-hybridized carbons (Fsp3) is 0.440. The Bertz CT molecular complexity index is 1190. The lowest BCUT2D eigenvalue weighted by Crippen LogP contribution is -2.52. The van der Waals surface area contributed by atoms with Gasteiger partial charge in [-0.25, -0.2) is 8.42 Å². The highest BCUT2D eigenvalue weighted by Crippen LogP contribution is 2.33. The summed E-state index contributed by atoms with van der Waals surface area (Å²) < 4.78 is 31.5. The SMILES string of the molecule is CCCCNC(=O)C(C)N(CCc1ccccc1)C(=O)CN(c1cc([N+](=O)[O-])ccc1OC)S(C)(=O)=O. The van der Waals surface area contributed by atoms with Gasteiger partial charge in [-0.15, -0.1) is 0 Å². The molecular weight excluding hydrogens is 500 g/mol. The van der Waals surface area contributed by atoms with E-state index in [-0.39, 0.29) is 29.6 Å². The van der Waals surface area contributed by atoms with Crippen LogP contribution in [-0.2, 0) is 26.0 Å². The number of ether oxygens (including phenoxy) is 1. The number of anilines is 1. The summed E-state index contributed by atoms with van der Waals surface area (Å²) in [5, 5.41) is 14.1. The maximum atomic E-state index is 13.6. The molecule has 0 aliphatic heterocycles. The first-order valence-electron chi connectivity index (χ1n) is 11.9. The van der Waals surface area contributed by atoms with Crippen LogP contribution >= 0.6 is 0 Å². The Kier molecular flexibility index (Phi) is 10.9. The molecule has 0 saturated heterocycles. The molecule has 1 unspecified atom stereocenters. The van der Waals surface area contributed by atoms with Gasteiger partial charge in [0.05, 0.1) is 18.3 Å². The van der Waals surface area contributed by atoms with Crippen LogP contribution in [0.3, 0.4) is 0 Å². The Morgan fingerprint density at radius 3 is 2.41 bits per heavy atom. The van der Waals surface area contributed by atoms with E-state index in [9.17, 15) is 28.1 Å². The van der Waals surface area contributed by atoms with Crippen LogP contribution in [0.2, 0.25) is 0 Å². The van der Waals surface area contributed by atoms with Gasteiger partial charge in [-0.1, -0.05) is 43.7 Å². The predicted octanol–water partition coefficient (Wildman–Crippen LogP) is 2.75. The minimum Gasteiger partial charge on any atom is -0.495 e. The smallest absolute Gasteiger partial charge is 0.271 e. The Balaban J connectivity index is 2.40. The minimum absolute atomic E-state index is 0.0463. The molecule has 0 fully saturated rings. The van der Waals surface area contributed by atoms with Crippen molar-refractivity contribution in [2.75, 3.05) is 37.3 Å². The number of rotatable bonds is 14. The third-order valence-corrected chi connectivity index (χ3v) is 6.93. The van der Waals surface area contributed by atoms with Crippen molar-refractivity contribution in [2.45, 2.75) is 39.2 Å². The third kappa shape index (κ3) is 8.45. The number of unbranched alkanes of at least 4 members (excludes halogenated alkanes) is 1. The van der Waals surface area contributed by atoms with Gasteiger partial charge in [0.25, 0.3) is 5.69 Å². The zero-order valence-corrected chi connectivity index (χ0v) is 22.4. The molecular formula is C25H34N4O7S. The molecule has 0 spiro atoms. The van der Waals surface area contributed by atoms with Gasteiger partial charge < -0.3 is 15.0 Å². The standard InChI is InChI=1S/C25H34N4O7S/c1-5-6-15-26-25(31)19(2)27(16-14-20-10-8-7-9-11-20)24(30)18-28(37(4,34)35)22-17-21(29(32)33)12-13-23(22)36-3/h7-13,17,19H,5-6,14-16,18H2,1-4H3,(H,26,31). The van der Waals surface area contributed by atoms with Gasteiger partial charge in [-0.2, -0.15) is 0 Å². The quantitative estimate of drug-likeness (QED) is 0.223. The highest BCUT2D eigenvalue weighted by molar-refractivity contribution is 7.92. The summed E-state index contributed by atoms with van der Waals surface area (Å²) in [5.74, 6) is -0.938. The monoisotopic (exact) mass is 534 g/mol. The first-order chi connectivity index (χ1) is 17.5. The molecule has 11 nitrogen and oxygen atoms in total. The molecule has 0 aromatic heterocycles. The summed E-state index contributed by atoms with van der Waals surface area (Å²) in [6, 6.07) is 12.0. The number of sulfonamides is 1. The van der Waals surface area contributed by atoms with Crippen LogP contribution in [0, 0.1) is 10.1 Å². The topological polar surface area (TPSA) is 139 Å². The first kappa shape index (κ1) is 29.6. The lowest BCUT2D eigenvalue weighted by Gasteiger charge is -2.31. The van der Waals surface area contributed by atoms with Crippen molar-refractivity contribution < 1.29 is 27.7 Å². The van der Waals surface area contributed by atoms with Crippen LogP contribution in [0.4, 0.5) is 11.4 Å². The van der Waals surface area contributed by atoms with E-state index in [4.69, 9.17) is 4.74 Å². The van der Waals surface area contributed by atoms with Crippen molar-refractivity contribution in [3.8, 4) is 5.75 Å². The largest absolute Gasteiger partial charge is 0.495 e. The molecule has 0 heterocycles. The molecule has 0 aliphatic carbocycles. The van der Waals surface area contributed by atoms with Gasteiger partial charge in [-0.3, -0.25) is 24.0 Å². The van der Waals surface area contributed by atoms with E-state index in [0.29, 0.717) is 13.0 Å². The number of amides is 2. The lowest BCUT2D eigenvalue weighted by atomic mass is 10.1. The molecule has 0 aliphatic rings. The highest BCUT2D eigenvalue weighted by atomic mass is 32.2. The van der Waals surface area contributed by atoms with Gasteiger partial charge in [0.2, 0.25) is 21.8 Å². The minimum atomic E-state index is -4.07. The van der Waals surface area contributed by atoms with Crippen molar-refractivity contribution >= 4 is 33.2 Å². The van der Waals surface area contributed by atoms with Crippen molar-refractivity contribution in [3.05, 3.63) is 64.2 Å².